The summed E-state index contributed by atoms with van der Waals surface area (Å²) in [4.78, 5) is 48.0. The number of rotatable bonds is 9. The highest BCUT2D eigenvalue weighted by atomic mass is 16.8. The number of hydrogen-bond donors (Lipinski definition) is 1. The van der Waals surface area contributed by atoms with E-state index in [4.69, 9.17) is 34.2 Å². The van der Waals surface area contributed by atoms with Crippen molar-refractivity contribution >= 4 is 24.2 Å². The maximum Gasteiger partial charge on any atom is 0.514 e. The highest BCUT2D eigenvalue weighted by molar-refractivity contribution is 5.76. The summed E-state index contributed by atoms with van der Waals surface area (Å²) >= 11 is 0. The summed E-state index contributed by atoms with van der Waals surface area (Å²) in [5, 5.41) is 0. The van der Waals surface area contributed by atoms with Gasteiger partial charge in [0.2, 0.25) is 0 Å². The molecule has 1 aromatic carbocycles. The fourth-order valence-corrected chi connectivity index (χ4v) is 2.55. The van der Waals surface area contributed by atoms with Crippen molar-refractivity contribution in [3.8, 4) is 11.5 Å². The molecule has 0 heterocycles. The molecule has 0 saturated heterocycles. The SMILES string of the molecule is CCC(=O)O[C@@H](C)COC(=O)[C@@H](N)Cc1ccc(OC(=O)OC(C)(C)C)c(OC(=O)OC(C)(C)C)c1. The van der Waals surface area contributed by atoms with Gasteiger partial charge in [0.05, 0.1) is 0 Å². The van der Waals surface area contributed by atoms with Crippen LogP contribution in [0.5, 0.6) is 11.5 Å². The number of esters is 2. The summed E-state index contributed by atoms with van der Waals surface area (Å²) in [6, 6.07) is 3.25. The molecular formula is C25H37NO10. The van der Waals surface area contributed by atoms with Gasteiger partial charge in [-0.1, -0.05) is 13.0 Å². The lowest BCUT2D eigenvalue weighted by Gasteiger charge is -2.21. The first kappa shape index (κ1) is 30.7. The summed E-state index contributed by atoms with van der Waals surface area (Å²) in [5.74, 6) is -1.35. The summed E-state index contributed by atoms with van der Waals surface area (Å²) in [5.41, 5.74) is 4.82. The van der Waals surface area contributed by atoms with E-state index in [1.54, 1.807) is 61.5 Å². The van der Waals surface area contributed by atoms with E-state index in [1.165, 1.54) is 12.1 Å². The second-order valence-corrected chi connectivity index (χ2v) is 10.0. The standard InChI is InChI=1S/C25H37NO10/c1-9-20(27)32-15(2)14-31-21(28)17(26)12-16-10-11-18(33-22(29)35-24(3,4)5)19(13-16)34-23(30)36-25(6,7)8/h10-11,13,15,17H,9,12,14,26H2,1-8H3/t15-,17-/m0/s1. The summed E-state index contributed by atoms with van der Waals surface area (Å²) in [6.07, 6.45) is -2.42. The zero-order chi connectivity index (χ0) is 27.7. The van der Waals surface area contributed by atoms with Gasteiger partial charge in [0, 0.05) is 6.42 Å². The van der Waals surface area contributed by atoms with Gasteiger partial charge in [-0.25, -0.2) is 9.59 Å². The Morgan fingerprint density at radius 1 is 0.889 bits per heavy atom. The van der Waals surface area contributed by atoms with Crippen molar-refractivity contribution in [3.63, 3.8) is 0 Å². The van der Waals surface area contributed by atoms with Crippen LogP contribution in [-0.4, -0.2) is 54.2 Å². The third-order valence-corrected chi connectivity index (χ3v) is 4.01. The minimum absolute atomic E-state index is 0.0133. The number of carbonyl (C=O) groups is 4. The first-order valence-corrected chi connectivity index (χ1v) is 11.6. The smallest absolute Gasteiger partial charge is 0.461 e. The first-order valence-electron chi connectivity index (χ1n) is 11.6. The van der Waals surface area contributed by atoms with Crippen LogP contribution in [0.2, 0.25) is 0 Å². The lowest BCUT2D eigenvalue weighted by molar-refractivity contribution is -0.158. The Bertz CT molecular complexity index is 930. The molecule has 11 nitrogen and oxygen atoms in total. The van der Waals surface area contributed by atoms with Crippen LogP contribution in [0, 0.1) is 0 Å². The monoisotopic (exact) mass is 511 g/mol. The van der Waals surface area contributed by atoms with E-state index in [2.05, 4.69) is 0 Å². The number of benzene rings is 1. The van der Waals surface area contributed by atoms with E-state index in [9.17, 15) is 19.2 Å². The Kier molecular flexibility index (Phi) is 11.2. The Morgan fingerprint density at radius 2 is 1.42 bits per heavy atom. The molecule has 0 aromatic heterocycles. The zero-order valence-electron chi connectivity index (χ0n) is 22.2. The van der Waals surface area contributed by atoms with E-state index < -0.39 is 47.6 Å². The van der Waals surface area contributed by atoms with Crippen LogP contribution >= 0.6 is 0 Å². The van der Waals surface area contributed by atoms with Crippen LogP contribution in [-0.2, 0) is 35.0 Å². The van der Waals surface area contributed by atoms with Gasteiger partial charge in [-0.15, -0.1) is 0 Å². The molecule has 2 atom stereocenters. The normalized spacial score (nSPS) is 13.1. The molecule has 0 saturated carbocycles. The number of hydrogen-bond acceptors (Lipinski definition) is 11. The van der Waals surface area contributed by atoms with Crippen molar-refractivity contribution < 1.29 is 47.6 Å². The second-order valence-electron chi connectivity index (χ2n) is 10.0. The molecule has 36 heavy (non-hydrogen) atoms. The lowest BCUT2D eigenvalue weighted by atomic mass is 10.1. The molecule has 0 fully saturated rings. The average Bonchev–Trinajstić information content (AvgIpc) is 2.70. The molecule has 0 radical (unpaired) electrons. The summed E-state index contributed by atoms with van der Waals surface area (Å²) in [6.45, 7) is 13.1. The van der Waals surface area contributed by atoms with E-state index in [-0.39, 0.29) is 30.9 Å². The predicted octanol–water partition coefficient (Wildman–Crippen LogP) is 4.07. The number of nitrogens with two attached hydrogens (primary N) is 1. The molecule has 0 unspecified atom stereocenters. The van der Waals surface area contributed by atoms with Crippen LogP contribution in [0.4, 0.5) is 9.59 Å². The first-order chi connectivity index (χ1) is 16.5. The predicted molar refractivity (Wildman–Crippen MR) is 129 cm³/mol. The van der Waals surface area contributed by atoms with Crippen LogP contribution in [0.3, 0.4) is 0 Å². The zero-order valence-corrected chi connectivity index (χ0v) is 22.2. The maximum absolute atomic E-state index is 12.3. The third-order valence-electron chi connectivity index (χ3n) is 4.01. The maximum atomic E-state index is 12.3. The molecule has 0 aliphatic carbocycles. The molecule has 2 N–H and O–H groups in total. The van der Waals surface area contributed by atoms with Crippen molar-refractivity contribution in [3.05, 3.63) is 23.8 Å². The summed E-state index contributed by atoms with van der Waals surface area (Å²) < 4.78 is 30.9. The molecule has 0 amide bonds. The van der Waals surface area contributed by atoms with Gasteiger partial charge >= 0.3 is 24.2 Å². The Balaban J connectivity index is 2.97. The van der Waals surface area contributed by atoms with E-state index >= 15 is 0 Å². The number of ether oxygens (including phenoxy) is 6. The highest BCUT2D eigenvalue weighted by Crippen LogP contribution is 2.30. The molecular weight excluding hydrogens is 474 g/mol. The minimum atomic E-state index is -1.06. The van der Waals surface area contributed by atoms with Gasteiger partial charge < -0.3 is 34.2 Å². The van der Waals surface area contributed by atoms with Gasteiger partial charge in [-0.3, -0.25) is 9.59 Å². The molecule has 0 spiro atoms. The van der Waals surface area contributed by atoms with Crippen LogP contribution in [0.1, 0.15) is 67.4 Å². The molecule has 11 heteroatoms. The molecule has 0 bridgehead atoms. The van der Waals surface area contributed by atoms with Crippen molar-refractivity contribution in [2.75, 3.05) is 6.61 Å². The van der Waals surface area contributed by atoms with Crippen LogP contribution in [0.25, 0.3) is 0 Å². The van der Waals surface area contributed by atoms with Crippen molar-refractivity contribution in [1.82, 2.24) is 0 Å². The molecule has 1 rings (SSSR count). The van der Waals surface area contributed by atoms with Crippen LogP contribution < -0.4 is 15.2 Å². The highest BCUT2D eigenvalue weighted by Gasteiger charge is 2.24. The van der Waals surface area contributed by atoms with E-state index in [0.717, 1.165) is 0 Å². The van der Waals surface area contributed by atoms with Gasteiger partial charge in [-0.05, 0) is 72.6 Å². The van der Waals surface area contributed by atoms with Crippen molar-refractivity contribution in [2.24, 2.45) is 5.73 Å². The second kappa shape index (κ2) is 13.1. The largest absolute Gasteiger partial charge is 0.514 e. The van der Waals surface area contributed by atoms with Gasteiger partial charge in [0.15, 0.2) is 11.5 Å². The molecule has 202 valence electrons. The Morgan fingerprint density at radius 3 is 1.92 bits per heavy atom. The van der Waals surface area contributed by atoms with E-state index in [0.29, 0.717) is 5.56 Å². The summed E-state index contributed by atoms with van der Waals surface area (Å²) in [7, 11) is 0. The lowest BCUT2D eigenvalue weighted by Crippen LogP contribution is -2.36. The van der Waals surface area contributed by atoms with Gasteiger partial charge in [0.25, 0.3) is 0 Å². The Labute approximate surface area is 211 Å². The Hall–Kier alpha value is -3.34. The third kappa shape index (κ3) is 12.4. The fraction of sp³-hybridized carbons (Fsp3) is 0.600. The fourth-order valence-electron chi connectivity index (χ4n) is 2.55. The van der Waals surface area contributed by atoms with E-state index in [1.807, 2.05) is 0 Å². The van der Waals surface area contributed by atoms with Gasteiger partial charge in [0.1, 0.15) is 30.0 Å². The topological polar surface area (TPSA) is 150 Å². The van der Waals surface area contributed by atoms with Gasteiger partial charge in [-0.2, -0.15) is 0 Å². The average molecular weight is 512 g/mol. The molecule has 0 aliphatic rings. The van der Waals surface area contributed by atoms with Crippen molar-refractivity contribution in [1.29, 1.82) is 0 Å². The van der Waals surface area contributed by atoms with Crippen molar-refractivity contribution in [2.45, 2.75) is 91.6 Å². The molecule has 0 aliphatic heterocycles. The quantitative estimate of drug-likeness (QED) is 0.290. The molecule has 1 aromatic rings. The minimum Gasteiger partial charge on any atom is -0.461 e. The number of carbonyl (C=O) groups excluding carboxylic acids is 4. The van der Waals surface area contributed by atoms with Crippen LogP contribution in [0.15, 0.2) is 18.2 Å².